The second kappa shape index (κ2) is 6.16. The maximum atomic E-state index is 5.38. The van der Waals surface area contributed by atoms with Gasteiger partial charge < -0.3 is 4.74 Å². The smallest absolute Gasteiger partial charge is 0.158 e. The van der Waals surface area contributed by atoms with Crippen LogP contribution in [0.5, 0.6) is 0 Å². The number of ether oxygens (including phenoxy) is 1. The summed E-state index contributed by atoms with van der Waals surface area (Å²) in [6, 6.07) is 20.4. The van der Waals surface area contributed by atoms with Gasteiger partial charge in [-0.3, -0.25) is 0 Å². The van der Waals surface area contributed by atoms with E-state index in [0.29, 0.717) is 0 Å². The Morgan fingerprint density at radius 2 is 1.53 bits per heavy atom. The summed E-state index contributed by atoms with van der Waals surface area (Å²) in [5.41, 5.74) is 1.15. The first-order valence-corrected chi connectivity index (χ1v) is 6.24. The molecule has 0 spiro atoms. The molecule has 0 N–H and O–H groups in total. The molecule has 0 saturated heterocycles. The zero-order valence-electron chi connectivity index (χ0n) is 9.67. The highest BCUT2D eigenvalue weighted by atomic mass is 32.2. The van der Waals surface area contributed by atoms with Crippen LogP contribution in [0.1, 0.15) is 5.56 Å². The fourth-order valence-electron chi connectivity index (χ4n) is 1.42. The third-order valence-electron chi connectivity index (χ3n) is 2.25. The second-order valence-corrected chi connectivity index (χ2v) is 4.57. The summed E-state index contributed by atoms with van der Waals surface area (Å²) in [7, 11) is 1.70. The molecule has 0 unspecified atom stereocenters. The first-order valence-electron chi connectivity index (χ1n) is 5.42. The Labute approximate surface area is 106 Å². The summed E-state index contributed by atoms with van der Waals surface area (Å²) >= 11 is 1.62. The summed E-state index contributed by atoms with van der Waals surface area (Å²) < 4.78 is 5.38. The highest BCUT2D eigenvalue weighted by molar-refractivity contribution is 8.03. The number of benzene rings is 2. The average molecular weight is 242 g/mol. The predicted octanol–water partition coefficient (Wildman–Crippen LogP) is 4.42. The summed E-state index contributed by atoms with van der Waals surface area (Å²) in [5.74, 6) is 0. The van der Waals surface area contributed by atoms with Gasteiger partial charge in [0.2, 0.25) is 0 Å². The van der Waals surface area contributed by atoms with Crippen molar-refractivity contribution < 1.29 is 4.74 Å². The molecule has 0 aliphatic heterocycles. The van der Waals surface area contributed by atoms with Crippen LogP contribution >= 0.6 is 11.8 Å². The van der Waals surface area contributed by atoms with Gasteiger partial charge in [0.05, 0.1) is 7.11 Å². The Kier molecular flexibility index (Phi) is 4.28. The van der Waals surface area contributed by atoms with Gasteiger partial charge in [0, 0.05) is 4.90 Å². The lowest BCUT2D eigenvalue weighted by Gasteiger charge is -2.05. The van der Waals surface area contributed by atoms with E-state index < -0.39 is 0 Å². The predicted molar refractivity (Wildman–Crippen MR) is 73.7 cm³/mol. The molecule has 17 heavy (non-hydrogen) atoms. The summed E-state index contributed by atoms with van der Waals surface area (Å²) in [6.45, 7) is 0. The minimum absolute atomic E-state index is 0.891. The van der Waals surface area contributed by atoms with E-state index in [9.17, 15) is 0 Å². The van der Waals surface area contributed by atoms with Crippen molar-refractivity contribution in [1.29, 1.82) is 0 Å². The van der Waals surface area contributed by atoms with Crippen molar-refractivity contribution in [3.63, 3.8) is 0 Å². The van der Waals surface area contributed by atoms with Gasteiger partial charge >= 0.3 is 0 Å². The number of rotatable bonds is 4. The van der Waals surface area contributed by atoms with E-state index in [1.807, 2.05) is 42.5 Å². The lowest BCUT2D eigenvalue weighted by molar-refractivity contribution is 0.328. The van der Waals surface area contributed by atoms with Crippen LogP contribution in [0.3, 0.4) is 0 Å². The zero-order chi connectivity index (χ0) is 11.9. The van der Waals surface area contributed by atoms with Crippen LogP contribution in [0.15, 0.2) is 70.7 Å². The van der Waals surface area contributed by atoms with Gasteiger partial charge in [0.25, 0.3) is 0 Å². The number of hydrogen-bond donors (Lipinski definition) is 0. The van der Waals surface area contributed by atoms with E-state index in [1.54, 1.807) is 18.9 Å². The highest BCUT2D eigenvalue weighted by Gasteiger charge is 2.00. The van der Waals surface area contributed by atoms with Crippen LogP contribution in [0, 0.1) is 0 Å². The minimum Gasteiger partial charge on any atom is -0.490 e. The molecule has 86 valence electrons. The molecule has 1 nitrogen and oxygen atoms in total. The molecule has 0 atom stereocenters. The van der Waals surface area contributed by atoms with Crippen molar-refractivity contribution in [2.24, 2.45) is 0 Å². The SMILES string of the molecule is CO/C(=C/c1ccccc1)Sc1ccccc1. The van der Waals surface area contributed by atoms with Gasteiger partial charge in [0.15, 0.2) is 5.09 Å². The zero-order valence-corrected chi connectivity index (χ0v) is 10.5. The van der Waals surface area contributed by atoms with E-state index in [-0.39, 0.29) is 0 Å². The summed E-state index contributed by atoms with van der Waals surface area (Å²) in [4.78, 5) is 1.18. The Morgan fingerprint density at radius 3 is 2.12 bits per heavy atom. The van der Waals surface area contributed by atoms with Crippen molar-refractivity contribution >= 4 is 17.8 Å². The maximum Gasteiger partial charge on any atom is 0.158 e. The summed E-state index contributed by atoms with van der Waals surface area (Å²) in [5, 5.41) is 0.891. The van der Waals surface area contributed by atoms with E-state index in [4.69, 9.17) is 4.74 Å². The Morgan fingerprint density at radius 1 is 0.941 bits per heavy atom. The van der Waals surface area contributed by atoms with Crippen molar-refractivity contribution in [2.75, 3.05) is 7.11 Å². The Hall–Kier alpha value is -1.67. The fraction of sp³-hybridized carbons (Fsp3) is 0.0667. The Balaban J connectivity index is 2.15. The highest BCUT2D eigenvalue weighted by Crippen LogP contribution is 2.28. The minimum atomic E-state index is 0.891. The van der Waals surface area contributed by atoms with Gasteiger partial charge in [-0.05, 0) is 23.8 Å². The van der Waals surface area contributed by atoms with Crippen LogP contribution < -0.4 is 0 Å². The molecular formula is C15H14OS. The molecule has 0 fully saturated rings. The van der Waals surface area contributed by atoms with Gasteiger partial charge in [-0.2, -0.15) is 0 Å². The fourth-order valence-corrected chi connectivity index (χ4v) is 2.22. The van der Waals surface area contributed by atoms with E-state index in [1.165, 1.54) is 4.90 Å². The second-order valence-electron chi connectivity index (χ2n) is 3.49. The first-order chi connectivity index (χ1) is 8.38. The quantitative estimate of drug-likeness (QED) is 0.579. The molecule has 0 saturated carbocycles. The molecule has 0 bridgehead atoms. The molecular weight excluding hydrogens is 228 g/mol. The van der Waals surface area contributed by atoms with Crippen molar-refractivity contribution in [3.05, 3.63) is 71.3 Å². The standard InChI is InChI=1S/C15H14OS/c1-16-15(12-13-8-4-2-5-9-13)17-14-10-6-3-7-11-14/h2-12H,1H3/b15-12-. The first kappa shape index (κ1) is 11.8. The molecule has 2 aromatic carbocycles. The molecule has 2 aromatic rings. The largest absolute Gasteiger partial charge is 0.490 e. The van der Waals surface area contributed by atoms with Crippen molar-refractivity contribution in [3.8, 4) is 0 Å². The van der Waals surface area contributed by atoms with Crippen LogP contribution in [0.4, 0.5) is 0 Å². The third-order valence-corrected chi connectivity index (χ3v) is 3.24. The van der Waals surface area contributed by atoms with Crippen LogP contribution in [-0.4, -0.2) is 7.11 Å². The Bertz CT molecular complexity index is 477. The van der Waals surface area contributed by atoms with Crippen molar-refractivity contribution in [2.45, 2.75) is 4.90 Å². The van der Waals surface area contributed by atoms with Crippen molar-refractivity contribution in [1.82, 2.24) is 0 Å². The third kappa shape index (κ3) is 3.68. The summed E-state index contributed by atoms with van der Waals surface area (Å²) in [6.07, 6.45) is 2.04. The molecule has 0 radical (unpaired) electrons. The van der Waals surface area contributed by atoms with Gasteiger partial charge in [-0.25, -0.2) is 0 Å². The molecule has 0 amide bonds. The maximum absolute atomic E-state index is 5.38. The van der Waals surface area contributed by atoms with Crippen LogP contribution in [0.2, 0.25) is 0 Å². The topological polar surface area (TPSA) is 9.23 Å². The van der Waals surface area contributed by atoms with Gasteiger partial charge in [-0.15, -0.1) is 0 Å². The monoisotopic (exact) mass is 242 g/mol. The van der Waals surface area contributed by atoms with Gasteiger partial charge in [-0.1, -0.05) is 60.3 Å². The van der Waals surface area contributed by atoms with E-state index in [0.717, 1.165) is 10.7 Å². The molecule has 2 heteroatoms. The molecule has 0 aliphatic carbocycles. The number of methoxy groups -OCH3 is 1. The molecule has 0 aromatic heterocycles. The van der Waals surface area contributed by atoms with Crippen LogP contribution in [0.25, 0.3) is 6.08 Å². The van der Waals surface area contributed by atoms with Crippen LogP contribution in [-0.2, 0) is 4.74 Å². The average Bonchev–Trinajstić information content (AvgIpc) is 2.40. The lowest BCUT2D eigenvalue weighted by atomic mass is 10.2. The van der Waals surface area contributed by atoms with Gasteiger partial charge in [0.1, 0.15) is 0 Å². The lowest BCUT2D eigenvalue weighted by Crippen LogP contribution is -1.82. The van der Waals surface area contributed by atoms with E-state index >= 15 is 0 Å². The molecule has 0 aliphatic rings. The number of thioether (sulfide) groups is 1. The molecule has 2 rings (SSSR count). The normalized spacial score (nSPS) is 11.2. The number of hydrogen-bond acceptors (Lipinski definition) is 2. The van der Waals surface area contributed by atoms with E-state index in [2.05, 4.69) is 24.3 Å². The molecule has 0 heterocycles.